The number of rotatable bonds is 4. The van der Waals surface area contributed by atoms with Crippen LogP contribution in [0, 0.1) is 0 Å². The predicted octanol–water partition coefficient (Wildman–Crippen LogP) is 5.37. The highest BCUT2D eigenvalue weighted by Gasteiger charge is 2.34. The molecule has 2 nitrogen and oxygen atoms in total. The molecule has 0 fully saturated rings. The molecule has 0 unspecified atom stereocenters. The van der Waals surface area contributed by atoms with E-state index >= 15 is 0 Å². The van der Waals surface area contributed by atoms with Crippen LogP contribution in [0.15, 0.2) is 72.8 Å². The molecule has 0 saturated heterocycles. The van der Waals surface area contributed by atoms with Gasteiger partial charge in [-0.1, -0.05) is 60.7 Å². The molecule has 0 amide bonds. The Balaban J connectivity index is 1.87. The first kappa shape index (κ1) is 15.8. The van der Waals surface area contributed by atoms with E-state index in [2.05, 4.69) is 72.8 Å². The van der Waals surface area contributed by atoms with E-state index in [-0.39, 0.29) is 0 Å². The SMILES string of the molecule is COc1cc2c(cc1OC)[C@H](c1ccccc1)C[C@@H]2c1ccccc1. The van der Waals surface area contributed by atoms with E-state index in [9.17, 15) is 0 Å². The van der Waals surface area contributed by atoms with Crippen molar-refractivity contribution in [2.75, 3.05) is 14.2 Å². The van der Waals surface area contributed by atoms with Gasteiger partial charge in [0, 0.05) is 11.8 Å². The highest BCUT2D eigenvalue weighted by atomic mass is 16.5. The van der Waals surface area contributed by atoms with E-state index in [0.29, 0.717) is 11.8 Å². The lowest BCUT2D eigenvalue weighted by atomic mass is 9.91. The second kappa shape index (κ2) is 6.64. The molecular formula is C23H22O2. The molecule has 0 radical (unpaired) electrons. The molecule has 0 N–H and O–H groups in total. The average molecular weight is 330 g/mol. The maximum Gasteiger partial charge on any atom is 0.161 e. The first-order chi connectivity index (χ1) is 12.3. The lowest BCUT2D eigenvalue weighted by Gasteiger charge is -2.15. The van der Waals surface area contributed by atoms with Crippen molar-refractivity contribution in [1.29, 1.82) is 0 Å². The van der Waals surface area contributed by atoms with Gasteiger partial charge in [-0.2, -0.15) is 0 Å². The van der Waals surface area contributed by atoms with Crippen LogP contribution in [0.2, 0.25) is 0 Å². The van der Waals surface area contributed by atoms with E-state index in [1.54, 1.807) is 14.2 Å². The minimum atomic E-state index is 0.376. The third-order valence-corrected chi connectivity index (χ3v) is 5.22. The largest absolute Gasteiger partial charge is 0.493 e. The molecule has 0 aliphatic heterocycles. The topological polar surface area (TPSA) is 18.5 Å². The van der Waals surface area contributed by atoms with E-state index in [1.165, 1.54) is 22.3 Å². The van der Waals surface area contributed by atoms with Crippen molar-refractivity contribution >= 4 is 0 Å². The van der Waals surface area contributed by atoms with Gasteiger partial charge in [-0.25, -0.2) is 0 Å². The third-order valence-electron chi connectivity index (χ3n) is 5.22. The standard InChI is InChI=1S/C23H22O2/c1-24-22-14-20-18(16-9-5-3-6-10-16)13-19(17-11-7-4-8-12-17)21(20)15-23(22)25-2/h3-12,14-15,18-19H,13H2,1-2H3/t18-,19+. The summed E-state index contributed by atoms with van der Waals surface area (Å²) >= 11 is 0. The van der Waals surface area contributed by atoms with E-state index in [4.69, 9.17) is 9.47 Å². The van der Waals surface area contributed by atoms with Crippen molar-refractivity contribution in [2.24, 2.45) is 0 Å². The lowest BCUT2D eigenvalue weighted by molar-refractivity contribution is 0.354. The summed E-state index contributed by atoms with van der Waals surface area (Å²) in [5.74, 6) is 2.36. The van der Waals surface area contributed by atoms with Crippen LogP contribution >= 0.6 is 0 Å². The molecule has 0 spiro atoms. The average Bonchev–Trinajstić information content (AvgIpc) is 3.06. The zero-order valence-corrected chi connectivity index (χ0v) is 14.6. The second-order valence-corrected chi connectivity index (χ2v) is 6.50. The van der Waals surface area contributed by atoms with Crippen LogP contribution in [-0.4, -0.2) is 14.2 Å². The van der Waals surface area contributed by atoms with Crippen molar-refractivity contribution in [1.82, 2.24) is 0 Å². The van der Waals surface area contributed by atoms with Gasteiger partial charge in [0.1, 0.15) is 0 Å². The highest BCUT2D eigenvalue weighted by Crippen LogP contribution is 2.51. The predicted molar refractivity (Wildman–Crippen MR) is 101 cm³/mol. The second-order valence-electron chi connectivity index (χ2n) is 6.50. The maximum absolute atomic E-state index is 5.56. The summed E-state index contributed by atoms with van der Waals surface area (Å²) in [5.41, 5.74) is 5.40. The zero-order chi connectivity index (χ0) is 17.2. The van der Waals surface area contributed by atoms with Crippen molar-refractivity contribution in [3.63, 3.8) is 0 Å². The Kier molecular flexibility index (Phi) is 4.19. The van der Waals surface area contributed by atoms with E-state index in [0.717, 1.165) is 17.9 Å². The van der Waals surface area contributed by atoms with Crippen molar-refractivity contribution < 1.29 is 9.47 Å². The normalized spacial score (nSPS) is 18.6. The van der Waals surface area contributed by atoms with Gasteiger partial charge < -0.3 is 9.47 Å². The van der Waals surface area contributed by atoms with Gasteiger partial charge >= 0.3 is 0 Å². The Labute approximate surface area is 149 Å². The Bertz CT molecular complexity index is 784. The molecule has 0 aromatic heterocycles. The molecule has 25 heavy (non-hydrogen) atoms. The molecule has 2 atom stereocenters. The Hall–Kier alpha value is -2.74. The molecule has 1 aliphatic rings. The van der Waals surface area contributed by atoms with Gasteiger partial charge in [0.05, 0.1) is 14.2 Å². The van der Waals surface area contributed by atoms with E-state index in [1.807, 2.05) is 0 Å². The van der Waals surface area contributed by atoms with Gasteiger partial charge in [0.2, 0.25) is 0 Å². The van der Waals surface area contributed by atoms with Crippen LogP contribution in [-0.2, 0) is 0 Å². The summed E-state index contributed by atoms with van der Waals surface area (Å²) in [6.07, 6.45) is 1.07. The van der Waals surface area contributed by atoms with Crippen LogP contribution in [0.25, 0.3) is 0 Å². The highest BCUT2D eigenvalue weighted by molar-refractivity contribution is 5.56. The molecule has 3 aromatic rings. The summed E-state index contributed by atoms with van der Waals surface area (Å²) in [4.78, 5) is 0. The summed E-state index contributed by atoms with van der Waals surface area (Å²) < 4.78 is 11.1. The third kappa shape index (κ3) is 2.78. The zero-order valence-electron chi connectivity index (χ0n) is 14.6. The summed E-state index contributed by atoms with van der Waals surface area (Å²) in [7, 11) is 3.40. The Morgan fingerprint density at radius 2 is 1.04 bits per heavy atom. The minimum absolute atomic E-state index is 0.376. The fourth-order valence-electron chi connectivity index (χ4n) is 4.01. The lowest BCUT2D eigenvalue weighted by Crippen LogP contribution is -1.98. The molecule has 4 rings (SSSR count). The number of fused-ring (bicyclic) bond motifs is 1. The molecular weight excluding hydrogens is 308 g/mol. The molecule has 1 aliphatic carbocycles. The van der Waals surface area contributed by atoms with Crippen LogP contribution in [0.4, 0.5) is 0 Å². The van der Waals surface area contributed by atoms with Crippen LogP contribution in [0.3, 0.4) is 0 Å². The summed E-state index contributed by atoms with van der Waals surface area (Å²) in [5, 5.41) is 0. The number of hydrogen-bond donors (Lipinski definition) is 0. The fourth-order valence-corrected chi connectivity index (χ4v) is 4.01. The summed E-state index contributed by atoms with van der Waals surface area (Å²) in [6.45, 7) is 0. The minimum Gasteiger partial charge on any atom is -0.493 e. The number of hydrogen-bond acceptors (Lipinski definition) is 2. The Morgan fingerprint density at radius 3 is 1.40 bits per heavy atom. The van der Waals surface area contributed by atoms with Gasteiger partial charge in [-0.05, 0) is 40.8 Å². The van der Waals surface area contributed by atoms with Crippen LogP contribution < -0.4 is 9.47 Å². The smallest absolute Gasteiger partial charge is 0.161 e. The first-order valence-electron chi connectivity index (χ1n) is 8.67. The van der Waals surface area contributed by atoms with Crippen molar-refractivity contribution in [3.8, 4) is 11.5 Å². The number of ether oxygens (including phenoxy) is 2. The Morgan fingerprint density at radius 1 is 0.640 bits per heavy atom. The molecule has 0 saturated carbocycles. The molecule has 0 heterocycles. The number of methoxy groups -OCH3 is 2. The van der Waals surface area contributed by atoms with Crippen molar-refractivity contribution in [2.45, 2.75) is 18.3 Å². The van der Waals surface area contributed by atoms with E-state index < -0.39 is 0 Å². The van der Waals surface area contributed by atoms with Gasteiger partial charge in [-0.3, -0.25) is 0 Å². The summed E-state index contributed by atoms with van der Waals surface area (Å²) in [6, 6.07) is 25.8. The van der Waals surface area contributed by atoms with Gasteiger partial charge in [0.15, 0.2) is 11.5 Å². The van der Waals surface area contributed by atoms with Gasteiger partial charge in [-0.15, -0.1) is 0 Å². The fraction of sp³-hybridized carbons (Fsp3) is 0.217. The molecule has 126 valence electrons. The van der Waals surface area contributed by atoms with Crippen molar-refractivity contribution in [3.05, 3.63) is 95.1 Å². The molecule has 0 bridgehead atoms. The molecule has 3 aromatic carbocycles. The van der Waals surface area contributed by atoms with Gasteiger partial charge in [0.25, 0.3) is 0 Å². The number of benzene rings is 3. The first-order valence-corrected chi connectivity index (χ1v) is 8.67. The molecule has 2 heteroatoms. The van der Waals surface area contributed by atoms with Crippen LogP contribution in [0.5, 0.6) is 11.5 Å². The monoisotopic (exact) mass is 330 g/mol. The quantitative estimate of drug-likeness (QED) is 0.640. The van der Waals surface area contributed by atoms with Crippen LogP contribution in [0.1, 0.15) is 40.5 Å². The maximum atomic E-state index is 5.56.